The zero-order chi connectivity index (χ0) is 27.8. The lowest BCUT2D eigenvalue weighted by Crippen LogP contribution is -1.92. The highest BCUT2D eigenvalue weighted by Gasteiger charge is 2.17. The summed E-state index contributed by atoms with van der Waals surface area (Å²) in [6.07, 6.45) is 5.98. The molecule has 0 spiro atoms. The molecule has 0 heterocycles. The smallest absolute Gasteiger partial charge is 0.00262 e. The molecule has 0 atom stereocenters. The van der Waals surface area contributed by atoms with Gasteiger partial charge in [0.05, 0.1) is 0 Å². The van der Waals surface area contributed by atoms with Crippen molar-refractivity contribution < 1.29 is 0 Å². The van der Waals surface area contributed by atoms with E-state index in [0.29, 0.717) is 0 Å². The summed E-state index contributed by atoms with van der Waals surface area (Å²) in [6, 6.07) is 48.8. The first kappa shape index (κ1) is 24.8. The van der Waals surface area contributed by atoms with E-state index in [0.717, 1.165) is 0 Å². The SMILES string of the molecule is C=C/C=C\c1cc(-c2c3ccccc3c(-c3ccc(-c4cccc5ccccc45)cc3)c3ccccc23)ccc1C. The van der Waals surface area contributed by atoms with E-state index in [1.54, 1.807) is 0 Å². The molecular weight excluding hydrogens is 492 g/mol. The van der Waals surface area contributed by atoms with Crippen molar-refractivity contribution in [2.24, 2.45) is 0 Å². The third-order valence-electron chi connectivity index (χ3n) is 8.19. The van der Waals surface area contributed by atoms with E-state index in [1.807, 2.05) is 12.2 Å². The number of benzene rings is 7. The van der Waals surface area contributed by atoms with Crippen LogP contribution >= 0.6 is 0 Å². The number of allylic oxidation sites excluding steroid dienone is 2. The van der Waals surface area contributed by atoms with Crippen LogP contribution in [0.3, 0.4) is 0 Å². The molecule has 7 aromatic rings. The Bertz CT molecular complexity index is 2040. The van der Waals surface area contributed by atoms with Gasteiger partial charge in [-0.05, 0) is 89.8 Å². The second-order valence-corrected chi connectivity index (χ2v) is 10.6. The molecule has 7 aromatic carbocycles. The minimum atomic E-state index is 1.21. The van der Waals surface area contributed by atoms with Crippen molar-refractivity contribution in [3.8, 4) is 33.4 Å². The summed E-state index contributed by atoms with van der Waals surface area (Å²) in [5.41, 5.74) is 9.97. The van der Waals surface area contributed by atoms with Crippen LogP contribution in [0, 0.1) is 6.92 Å². The van der Waals surface area contributed by atoms with Crippen molar-refractivity contribution in [2.75, 3.05) is 0 Å². The molecular formula is C41H30. The van der Waals surface area contributed by atoms with Gasteiger partial charge in [0.15, 0.2) is 0 Å². The fourth-order valence-corrected chi connectivity index (χ4v) is 6.19. The monoisotopic (exact) mass is 522 g/mol. The average Bonchev–Trinajstić information content (AvgIpc) is 3.03. The summed E-state index contributed by atoms with van der Waals surface area (Å²) < 4.78 is 0. The Hall–Kier alpha value is -5.20. The lowest BCUT2D eigenvalue weighted by molar-refractivity contribution is 1.44. The van der Waals surface area contributed by atoms with Crippen molar-refractivity contribution in [2.45, 2.75) is 6.92 Å². The largest absolute Gasteiger partial charge is 0.0991 e. The predicted molar refractivity (Wildman–Crippen MR) is 179 cm³/mol. The van der Waals surface area contributed by atoms with Crippen molar-refractivity contribution in [1.29, 1.82) is 0 Å². The van der Waals surface area contributed by atoms with Crippen molar-refractivity contribution in [3.63, 3.8) is 0 Å². The Kier molecular flexibility index (Phi) is 6.30. The van der Waals surface area contributed by atoms with Crippen LogP contribution < -0.4 is 0 Å². The number of aryl methyl sites for hydroxylation is 1. The second kappa shape index (κ2) is 10.4. The fraction of sp³-hybridized carbons (Fsp3) is 0.0244. The van der Waals surface area contributed by atoms with E-state index in [-0.39, 0.29) is 0 Å². The predicted octanol–water partition coefficient (Wildman–Crippen LogP) is 11.7. The molecule has 0 N–H and O–H groups in total. The Morgan fingerprint density at radius 3 is 1.63 bits per heavy atom. The van der Waals surface area contributed by atoms with E-state index < -0.39 is 0 Å². The van der Waals surface area contributed by atoms with Gasteiger partial charge in [-0.25, -0.2) is 0 Å². The van der Waals surface area contributed by atoms with Gasteiger partial charge in [-0.2, -0.15) is 0 Å². The molecule has 7 rings (SSSR count). The lowest BCUT2D eigenvalue weighted by atomic mass is 9.85. The Balaban J connectivity index is 1.45. The quantitative estimate of drug-likeness (QED) is 0.156. The minimum Gasteiger partial charge on any atom is -0.0991 e. The summed E-state index contributed by atoms with van der Waals surface area (Å²) >= 11 is 0. The first-order chi connectivity index (χ1) is 20.2. The summed E-state index contributed by atoms with van der Waals surface area (Å²) in [4.78, 5) is 0. The molecule has 194 valence electrons. The van der Waals surface area contributed by atoms with Crippen LogP contribution in [-0.2, 0) is 0 Å². The Morgan fingerprint density at radius 2 is 1.00 bits per heavy atom. The highest BCUT2D eigenvalue weighted by molar-refractivity contribution is 6.21. The van der Waals surface area contributed by atoms with Gasteiger partial charge in [0.2, 0.25) is 0 Å². The maximum absolute atomic E-state index is 3.86. The first-order valence-electron chi connectivity index (χ1n) is 14.1. The van der Waals surface area contributed by atoms with Gasteiger partial charge >= 0.3 is 0 Å². The number of hydrogen-bond donors (Lipinski definition) is 0. The summed E-state index contributed by atoms with van der Waals surface area (Å²) in [6.45, 7) is 6.02. The molecule has 0 amide bonds. The van der Waals surface area contributed by atoms with Gasteiger partial charge in [-0.15, -0.1) is 0 Å². The van der Waals surface area contributed by atoms with Crippen LogP contribution in [0.15, 0.2) is 152 Å². The normalized spacial score (nSPS) is 11.5. The molecule has 41 heavy (non-hydrogen) atoms. The van der Waals surface area contributed by atoms with E-state index in [1.165, 1.54) is 76.8 Å². The maximum Gasteiger partial charge on any atom is -0.00262 e. The second-order valence-electron chi connectivity index (χ2n) is 10.6. The Morgan fingerprint density at radius 1 is 0.488 bits per heavy atom. The van der Waals surface area contributed by atoms with Crippen LogP contribution in [-0.4, -0.2) is 0 Å². The molecule has 0 nitrogen and oxygen atoms in total. The van der Waals surface area contributed by atoms with E-state index in [2.05, 4.69) is 153 Å². The minimum absolute atomic E-state index is 1.21. The molecule has 0 heteroatoms. The van der Waals surface area contributed by atoms with Gasteiger partial charge in [-0.3, -0.25) is 0 Å². The maximum atomic E-state index is 3.86. The van der Waals surface area contributed by atoms with Crippen molar-refractivity contribution >= 4 is 38.4 Å². The molecule has 0 aliphatic heterocycles. The third-order valence-corrected chi connectivity index (χ3v) is 8.19. The number of hydrogen-bond acceptors (Lipinski definition) is 0. The van der Waals surface area contributed by atoms with Gasteiger partial charge in [0, 0.05) is 0 Å². The van der Waals surface area contributed by atoms with Crippen LogP contribution in [0.2, 0.25) is 0 Å². The van der Waals surface area contributed by atoms with E-state index >= 15 is 0 Å². The van der Waals surface area contributed by atoms with Crippen LogP contribution in [0.1, 0.15) is 11.1 Å². The summed E-state index contributed by atoms with van der Waals surface area (Å²) in [5, 5.41) is 7.61. The van der Waals surface area contributed by atoms with Gasteiger partial charge < -0.3 is 0 Å². The van der Waals surface area contributed by atoms with Crippen molar-refractivity contribution in [3.05, 3.63) is 163 Å². The highest BCUT2D eigenvalue weighted by Crippen LogP contribution is 2.44. The van der Waals surface area contributed by atoms with E-state index in [4.69, 9.17) is 0 Å². The summed E-state index contributed by atoms with van der Waals surface area (Å²) in [7, 11) is 0. The molecule has 0 unspecified atom stereocenters. The van der Waals surface area contributed by atoms with Gasteiger partial charge in [0.1, 0.15) is 0 Å². The van der Waals surface area contributed by atoms with Crippen LogP contribution in [0.5, 0.6) is 0 Å². The Labute approximate surface area is 241 Å². The third kappa shape index (κ3) is 4.35. The molecule has 0 aliphatic carbocycles. The lowest BCUT2D eigenvalue weighted by Gasteiger charge is -2.18. The highest BCUT2D eigenvalue weighted by atomic mass is 14.2. The van der Waals surface area contributed by atoms with Gasteiger partial charge in [-0.1, -0.05) is 152 Å². The van der Waals surface area contributed by atoms with E-state index in [9.17, 15) is 0 Å². The zero-order valence-corrected chi connectivity index (χ0v) is 23.1. The van der Waals surface area contributed by atoms with Gasteiger partial charge in [0.25, 0.3) is 0 Å². The van der Waals surface area contributed by atoms with Crippen molar-refractivity contribution in [1.82, 2.24) is 0 Å². The molecule has 0 aliphatic rings. The van der Waals surface area contributed by atoms with Crippen LogP contribution in [0.25, 0.3) is 71.8 Å². The van der Waals surface area contributed by atoms with Crippen LogP contribution in [0.4, 0.5) is 0 Å². The molecule has 0 bridgehead atoms. The fourth-order valence-electron chi connectivity index (χ4n) is 6.19. The zero-order valence-electron chi connectivity index (χ0n) is 23.1. The molecule has 0 aromatic heterocycles. The topological polar surface area (TPSA) is 0 Å². The molecule has 0 fully saturated rings. The first-order valence-corrected chi connectivity index (χ1v) is 14.1. The standard InChI is InChI=1S/C41H30/c1-3-4-12-32-27-33(22-21-28(32)2)41-38-18-9-7-16-36(38)40(37-17-8-10-19-39(37)41)31-25-23-30(24-26-31)35-20-11-14-29-13-5-6-15-34(29)35/h3-27H,1H2,2H3/b12-4-. The molecule has 0 saturated carbocycles. The average molecular weight is 523 g/mol. The number of rotatable bonds is 5. The molecule has 0 radical (unpaired) electrons. The summed E-state index contributed by atoms with van der Waals surface area (Å²) in [5.74, 6) is 0. The number of fused-ring (bicyclic) bond motifs is 3. The molecule has 0 saturated heterocycles.